The molecule has 0 aliphatic carbocycles. The summed E-state index contributed by atoms with van der Waals surface area (Å²) in [6.07, 6.45) is 1.57. The monoisotopic (exact) mass is 219 g/mol. The molecule has 0 saturated carbocycles. The zero-order valence-corrected chi connectivity index (χ0v) is 8.92. The molecular formula is C10H13N5O. The van der Waals surface area contributed by atoms with Crippen molar-refractivity contribution in [2.24, 2.45) is 21.0 Å². The van der Waals surface area contributed by atoms with Crippen LogP contribution in [0.15, 0.2) is 39.6 Å². The lowest BCUT2D eigenvalue weighted by Gasteiger charge is -1.98. The molecule has 0 aliphatic rings. The van der Waals surface area contributed by atoms with E-state index in [0.29, 0.717) is 0 Å². The molecule has 0 bridgehead atoms. The first-order chi connectivity index (χ1) is 7.76. The highest BCUT2D eigenvalue weighted by atomic mass is 16.5. The molecule has 0 aromatic heterocycles. The fourth-order valence-electron chi connectivity index (χ4n) is 0.951. The van der Waals surface area contributed by atoms with Gasteiger partial charge in [-0.2, -0.15) is 10.2 Å². The number of nitrogens with one attached hydrogen (secondary N) is 1. The van der Waals surface area contributed by atoms with E-state index in [1.165, 1.54) is 0 Å². The number of nitrogens with two attached hydrogens (primary N) is 1. The zero-order chi connectivity index (χ0) is 11.8. The predicted octanol–water partition coefficient (Wildman–Crippen LogP) is 0.549. The molecule has 6 nitrogen and oxygen atoms in total. The Morgan fingerprint density at radius 3 is 2.69 bits per heavy atom. The highest BCUT2D eigenvalue weighted by Gasteiger charge is 1.90. The summed E-state index contributed by atoms with van der Waals surface area (Å²) >= 11 is 0. The highest BCUT2D eigenvalue weighted by Crippen LogP contribution is 2.09. The number of hydrazone groups is 1. The van der Waals surface area contributed by atoms with Crippen LogP contribution in [0.3, 0.4) is 0 Å². The maximum atomic E-state index is 5.37. The fourth-order valence-corrected chi connectivity index (χ4v) is 0.951. The first kappa shape index (κ1) is 11.7. The lowest BCUT2D eigenvalue weighted by atomic mass is 10.2. The molecule has 0 fully saturated rings. The summed E-state index contributed by atoms with van der Waals surface area (Å²) in [6, 6.07) is 7.37. The van der Waals surface area contributed by atoms with Gasteiger partial charge in [0.05, 0.1) is 13.3 Å². The van der Waals surface area contributed by atoms with Crippen molar-refractivity contribution in [2.75, 3.05) is 7.11 Å². The Morgan fingerprint density at radius 1 is 1.44 bits per heavy atom. The van der Waals surface area contributed by atoms with Gasteiger partial charge in [0.1, 0.15) is 5.75 Å². The molecule has 0 saturated heterocycles. The third-order valence-electron chi connectivity index (χ3n) is 1.68. The van der Waals surface area contributed by atoms with E-state index in [-0.39, 0.29) is 5.96 Å². The number of methoxy groups -OCH3 is 1. The van der Waals surface area contributed by atoms with E-state index in [2.05, 4.69) is 27.4 Å². The molecule has 1 aromatic rings. The van der Waals surface area contributed by atoms with Crippen molar-refractivity contribution in [1.29, 1.82) is 0 Å². The van der Waals surface area contributed by atoms with Crippen molar-refractivity contribution in [3.63, 3.8) is 0 Å². The van der Waals surface area contributed by atoms with E-state index in [1.807, 2.05) is 24.3 Å². The van der Waals surface area contributed by atoms with Crippen molar-refractivity contribution < 1.29 is 4.74 Å². The molecule has 0 amide bonds. The number of guanidine groups is 1. The van der Waals surface area contributed by atoms with Gasteiger partial charge in [-0.25, -0.2) is 5.43 Å². The van der Waals surface area contributed by atoms with Crippen molar-refractivity contribution >= 4 is 18.9 Å². The lowest BCUT2D eigenvalue weighted by Crippen LogP contribution is -2.26. The molecule has 16 heavy (non-hydrogen) atoms. The average molecular weight is 219 g/mol. The maximum absolute atomic E-state index is 5.37. The molecule has 0 radical (unpaired) electrons. The van der Waals surface area contributed by atoms with Gasteiger partial charge in [-0.3, -0.25) is 0 Å². The van der Waals surface area contributed by atoms with E-state index >= 15 is 0 Å². The Kier molecular flexibility index (Phi) is 4.52. The second-order valence-corrected chi connectivity index (χ2v) is 2.77. The summed E-state index contributed by atoms with van der Waals surface area (Å²) in [5.41, 5.74) is 8.62. The van der Waals surface area contributed by atoms with Crippen LogP contribution in [0.2, 0.25) is 0 Å². The van der Waals surface area contributed by atoms with Crippen molar-refractivity contribution in [3.8, 4) is 5.75 Å². The van der Waals surface area contributed by atoms with Gasteiger partial charge in [-0.05, 0) is 29.8 Å². The molecule has 3 N–H and O–H groups in total. The molecule has 6 heteroatoms. The minimum absolute atomic E-state index is 0.0831. The molecule has 1 rings (SSSR count). The number of hydrogen-bond donors (Lipinski definition) is 2. The third-order valence-corrected chi connectivity index (χ3v) is 1.68. The zero-order valence-electron chi connectivity index (χ0n) is 8.92. The summed E-state index contributed by atoms with van der Waals surface area (Å²) < 4.78 is 5.02. The summed E-state index contributed by atoms with van der Waals surface area (Å²) in [6.45, 7) is 3.20. The first-order valence-electron chi connectivity index (χ1n) is 4.48. The van der Waals surface area contributed by atoms with Gasteiger partial charge in [0, 0.05) is 6.72 Å². The van der Waals surface area contributed by atoms with Crippen molar-refractivity contribution in [1.82, 2.24) is 5.43 Å². The van der Waals surface area contributed by atoms with Gasteiger partial charge in [0.15, 0.2) is 0 Å². The number of hydrogen-bond acceptors (Lipinski definition) is 4. The normalized spacial score (nSPS) is 11.4. The van der Waals surface area contributed by atoms with Crippen LogP contribution >= 0.6 is 0 Å². The van der Waals surface area contributed by atoms with Crippen LogP contribution in [0.4, 0.5) is 0 Å². The summed E-state index contributed by atoms with van der Waals surface area (Å²) in [4.78, 5) is 0. The summed E-state index contributed by atoms with van der Waals surface area (Å²) in [5, 5.41) is 10.7. The third kappa shape index (κ3) is 3.79. The molecule has 0 heterocycles. The van der Waals surface area contributed by atoms with Crippen LogP contribution in [-0.2, 0) is 0 Å². The second kappa shape index (κ2) is 6.18. The van der Waals surface area contributed by atoms with Gasteiger partial charge in [0.2, 0.25) is 5.96 Å². The molecule has 0 atom stereocenters. The number of ether oxygens (including phenoxy) is 1. The number of rotatable bonds is 4. The van der Waals surface area contributed by atoms with E-state index in [9.17, 15) is 0 Å². The minimum Gasteiger partial charge on any atom is -0.497 e. The molecule has 0 aliphatic heterocycles. The molecular weight excluding hydrogens is 206 g/mol. The van der Waals surface area contributed by atoms with Crippen LogP contribution in [0.1, 0.15) is 5.56 Å². The van der Waals surface area contributed by atoms with Gasteiger partial charge in [-0.1, -0.05) is 0 Å². The Morgan fingerprint density at radius 2 is 2.12 bits per heavy atom. The Bertz CT molecular complexity index is 396. The fraction of sp³-hybridized carbons (Fsp3) is 0.100. The van der Waals surface area contributed by atoms with Crippen LogP contribution < -0.4 is 15.9 Å². The van der Waals surface area contributed by atoms with Crippen LogP contribution in [-0.4, -0.2) is 26.0 Å². The SMILES string of the molecule is C=NNC(N)=N/N=C/c1ccc(OC)cc1. The minimum atomic E-state index is 0.0831. The quantitative estimate of drug-likeness (QED) is 0.440. The van der Waals surface area contributed by atoms with Gasteiger partial charge in [-0.15, -0.1) is 5.10 Å². The average Bonchev–Trinajstić information content (AvgIpc) is 2.30. The predicted molar refractivity (Wildman–Crippen MR) is 64.9 cm³/mol. The maximum Gasteiger partial charge on any atom is 0.234 e. The van der Waals surface area contributed by atoms with Gasteiger partial charge in [0.25, 0.3) is 0 Å². The highest BCUT2D eigenvalue weighted by molar-refractivity contribution is 5.82. The van der Waals surface area contributed by atoms with Crippen LogP contribution in [0, 0.1) is 0 Å². The van der Waals surface area contributed by atoms with E-state index in [0.717, 1.165) is 11.3 Å². The second-order valence-electron chi connectivity index (χ2n) is 2.77. The smallest absolute Gasteiger partial charge is 0.234 e. The molecule has 1 aromatic carbocycles. The Balaban J connectivity index is 2.62. The summed E-state index contributed by atoms with van der Waals surface area (Å²) in [7, 11) is 1.61. The topological polar surface area (TPSA) is 84.4 Å². The summed E-state index contributed by atoms with van der Waals surface area (Å²) in [5.74, 6) is 0.873. The van der Waals surface area contributed by atoms with Crippen molar-refractivity contribution in [2.45, 2.75) is 0 Å². The molecule has 84 valence electrons. The van der Waals surface area contributed by atoms with E-state index in [1.54, 1.807) is 13.3 Å². The van der Waals surface area contributed by atoms with Gasteiger partial charge >= 0.3 is 0 Å². The van der Waals surface area contributed by atoms with Crippen LogP contribution in [0.25, 0.3) is 0 Å². The van der Waals surface area contributed by atoms with Gasteiger partial charge < -0.3 is 10.5 Å². The van der Waals surface area contributed by atoms with E-state index in [4.69, 9.17) is 10.5 Å². The largest absolute Gasteiger partial charge is 0.497 e. The Labute approximate surface area is 93.5 Å². The molecule has 0 unspecified atom stereocenters. The van der Waals surface area contributed by atoms with E-state index < -0.39 is 0 Å². The standard InChI is InChI=1S/C10H13N5O/c1-12-14-10(11)15-13-7-8-3-5-9(16-2)6-4-8/h3-7H,1H2,2H3,(H3,11,14,15)/b13-7+. The first-order valence-corrected chi connectivity index (χ1v) is 4.48. The number of nitrogens with zero attached hydrogens (tertiary/aromatic N) is 3. The lowest BCUT2D eigenvalue weighted by molar-refractivity contribution is 0.415. The molecule has 0 spiro atoms. The van der Waals surface area contributed by atoms with Crippen molar-refractivity contribution in [3.05, 3.63) is 29.8 Å². The van der Waals surface area contributed by atoms with Crippen LogP contribution in [0.5, 0.6) is 5.75 Å². The number of benzene rings is 1. The Hall–Kier alpha value is -2.37.